The third kappa shape index (κ3) is 2.96. The van der Waals surface area contributed by atoms with E-state index in [0.717, 1.165) is 25.0 Å². The summed E-state index contributed by atoms with van der Waals surface area (Å²) in [5.74, 6) is -2.22. The molecule has 110 valence electrons. The standard InChI is InChI=1S/C14H18F2N2O2/c1-14(13(17)19,18-8-10-3-2-6-20-10)11-5-4-9(15)7-12(11)16/h4-5,7,10,18H,2-3,6,8H2,1H3,(H2,17,19). The van der Waals surface area contributed by atoms with Crippen molar-refractivity contribution < 1.29 is 18.3 Å². The fourth-order valence-corrected chi connectivity index (χ4v) is 2.33. The lowest BCUT2D eigenvalue weighted by Gasteiger charge is -2.29. The average molecular weight is 284 g/mol. The Balaban J connectivity index is 2.21. The Bertz CT molecular complexity index is 504. The molecule has 20 heavy (non-hydrogen) atoms. The topological polar surface area (TPSA) is 64.3 Å². The van der Waals surface area contributed by atoms with Crippen LogP contribution in [0.1, 0.15) is 25.3 Å². The van der Waals surface area contributed by atoms with Gasteiger partial charge in [-0.15, -0.1) is 0 Å². The lowest BCUT2D eigenvalue weighted by molar-refractivity contribution is -0.124. The predicted octanol–water partition coefficient (Wildman–Crippen LogP) is 1.43. The number of nitrogens with one attached hydrogen (secondary N) is 1. The zero-order valence-corrected chi connectivity index (χ0v) is 11.3. The van der Waals surface area contributed by atoms with E-state index in [9.17, 15) is 13.6 Å². The summed E-state index contributed by atoms with van der Waals surface area (Å²) in [6.45, 7) is 2.56. The number of carbonyl (C=O) groups is 1. The van der Waals surface area contributed by atoms with Crippen molar-refractivity contribution in [2.75, 3.05) is 13.2 Å². The fraction of sp³-hybridized carbons (Fsp3) is 0.500. The number of hydrogen-bond donors (Lipinski definition) is 2. The highest BCUT2D eigenvalue weighted by Crippen LogP contribution is 2.25. The minimum absolute atomic E-state index is 0.0165. The minimum atomic E-state index is -1.40. The van der Waals surface area contributed by atoms with Gasteiger partial charge in [0.15, 0.2) is 0 Å². The number of benzene rings is 1. The number of amides is 1. The van der Waals surface area contributed by atoms with E-state index < -0.39 is 23.1 Å². The summed E-state index contributed by atoms with van der Waals surface area (Å²) in [4.78, 5) is 11.7. The summed E-state index contributed by atoms with van der Waals surface area (Å²) in [6.07, 6.45) is 1.83. The zero-order valence-electron chi connectivity index (χ0n) is 11.3. The molecule has 0 bridgehead atoms. The maximum Gasteiger partial charge on any atom is 0.242 e. The van der Waals surface area contributed by atoms with Gasteiger partial charge in [-0.25, -0.2) is 8.78 Å². The zero-order chi connectivity index (χ0) is 14.8. The molecule has 0 aromatic heterocycles. The third-order valence-corrected chi connectivity index (χ3v) is 3.67. The Labute approximate surface area is 116 Å². The summed E-state index contributed by atoms with van der Waals surface area (Å²) < 4.78 is 32.3. The second-order valence-corrected chi connectivity index (χ2v) is 5.13. The molecule has 0 spiro atoms. The molecule has 2 unspecified atom stereocenters. The van der Waals surface area contributed by atoms with Gasteiger partial charge in [-0.1, -0.05) is 6.07 Å². The predicted molar refractivity (Wildman–Crippen MR) is 69.9 cm³/mol. The average Bonchev–Trinajstić information content (AvgIpc) is 2.88. The van der Waals surface area contributed by atoms with E-state index >= 15 is 0 Å². The molecule has 1 heterocycles. The minimum Gasteiger partial charge on any atom is -0.377 e. The van der Waals surface area contributed by atoms with Crippen LogP contribution in [0.4, 0.5) is 8.78 Å². The van der Waals surface area contributed by atoms with E-state index in [1.165, 1.54) is 13.0 Å². The van der Waals surface area contributed by atoms with Gasteiger partial charge in [0.25, 0.3) is 0 Å². The van der Waals surface area contributed by atoms with Crippen LogP contribution in [0, 0.1) is 11.6 Å². The lowest BCUT2D eigenvalue weighted by Crippen LogP contribution is -2.52. The molecule has 1 aromatic rings. The molecule has 0 aliphatic carbocycles. The SMILES string of the molecule is CC(NCC1CCCO1)(C(N)=O)c1ccc(F)cc1F. The maximum absolute atomic E-state index is 13.9. The van der Waals surface area contributed by atoms with Crippen molar-refractivity contribution in [3.05, 3.63) is 35.4 Å². The molecule has 2 atom stereocenters. The van der Waals surface area contributed by atoms with Crippen molar-refractivity contribution in [3.63, 3.8) is 0 Å². The van der Waals surface area contributed by atoms with Gasteiger partial charge in [-0.2, -0.15) is 0 Å². The molecular formula is C14H18F2N2O2. The van der Waals surface area contributed by atoms with Crippen molar-refractivity contribution >= 4 is 5.91 Å². The van der Waals surface area contributed by atoms with Crippen LogP contribution in [0.5, 0.6) is 0 Å². The number of primary amides is 1. The van der Waals surface area contributed by atoms with Crippen LogP contribution in [-0.2, 0) is 15.1 Å². The summed E-state index contributed by atoms with van der Waals surface area (Å²) in [5, 5.41) is 2.95. The molecule has 0 saturated carbocycles. The van der Waals surface area contributed by atoms with E-state index in [4.69, 9.17) is 10.5 Å². The Hall–Kier alpha value is -1.53. The number of nitrogens with two attached hydrogens (primary N) is 1. The molecular weight excluding hydrogens is 266 g/mol. The van der Waals surface area contributed by atoms with Gasteiger partial charge < -0.3 is 10.5 Å². The first kappa shape index (κ1) is 14.9. The highest BCUT2D eigenvalue weighted by Gasteiger charge is 2.36. The first-order valence-corrected chi connectivity index (χ1v) is 6.55. The van der Waals surface area contributed by atoms with Gasteiger partial charge in [-0.05, 0) is 25.8 Å². The van der Waals surface area contributed by atoms with E-state index in [1.807, 2.05) is 0 Å². The second-order valence-electron chi connectivity index (χ2n) is 5.13. The van der Waals surface area contributed by atoms with Crippen LogP contribution >= 0.6 is 0 Å². The van der Waals surface area contributed by atoms with Crippen LogP contribution < -0.4 is 11.1 Å². The van der Waals surface area contributed by atoms with Crippen molar-refractivity contribution in [2.45, 2.75) is 31.4 Å². The van der Waals surface area contributed by atoms with E-state index in [2.05, 4.69) is 5.32 Å². The fourth-order valence-electron chi connectivity index (χ4n) is 2.33. The second kappa shape index (κ2) is 5.85. The smallest absolute Gasteiger partial charge is 0.242 e. The van der Waals surface area contributed by atoms with Crippen molar-refractivity contribution in [1.29, 1.82) is 0 Å². The molecule has 1 saturated heterocycles. The molecule has 4 nitrogen and oxygen atoms in total. The quantitative estimate of drug-likeness (QED) is 0.860. The first-order chi connectivity index (χ1) is 9.43. The van der Waals surface area contributed by atoms with Crippen LogP contribution in [0.2, 0.25) is 0 Å². The van der Waals surface area contributed by atoms with Gasteiger partial charge in [0.1, 0.15) is 17.2 Å². The molecule has 1 amide bonds. The molecule has 2 rings (SSSR count). The Morgan fingerprint density at radius 1 is 1.55 bits per heavy atom. The van der Waals surface area contributed by atoms with E-state index in [0.29, 0.717) is 13.2 Å². The summed E-state index contributed by atoms with van der Waals surface area (Å²) in [5.41, 5.74) is 4.02. The van der Waals surface area contributed by atoms with Crippen LogP contribution in [0.15, 0.2) is 18.2 Å². The Morgan fingerprint density at radius 3 is 2.85 bits per heavy atom. The number of ether oxygens (including phenoxy) is 1. The van der Waals surface area contributed by atoms with Crippen LogP contribution in [0.25, 0.3) is 0 Å². The summed E-state index contributed by atoms with van der Waals surface area (Å²) >= 11 is 0. The summed E-state index contributed by atoms with van der Waals surface area (Å²) in [7, 11) is 0. The van der Waals surface area contributed by atoms with Crippen molar-refractivity contribution in [1.82, 2.24) is 5.32 Å². The molecule has 0 radical (unpaired) electrons. The molecule has 1 fully saturated rings. The third-order valence-electron chi connectivity index (χ3n) is 3.67. The molecule has 6 heteroatoms. The van der Waals surface area contributed by atoms with Gasteiger partial charge in [0, 0.05) is 24.8 Å². The molecule has 1 aromatic carbocycles. The van der Waals surface area contributed by atoms with Crippen molar-refractivity contribution in [3.8, 4) is 0 Å². The highest BCUT2D eigenvalue weighted by atomic mass is 19.1. The largest absolute Gasteiger partial charge is 0.377 e. The Kier molecular flexibility index (Phi) is 4.35. The molecule has 1 aliphatic heterocycles. The maximum atomic E-state index is 13.9. The van der Waals surface area contributed by atoms with Crippen LogP contribution in [-0.4, -0.2) is 25.2 Å². The van der Waals surface area contributed by atoms with E-state index in [-0.39, 0.29) is 11.7 Å². The first-order valence-electron chi connectivity index (χ1n) is 6.55. The molecule has 1 aliphatic rings. The highest BCUT2D eigenvalue weighted by molar-refractivity contribution is 5.85. The monoisotopic (exact) mass is 284 g/mol. The Morgan fingerprint density at radius 2 is 2.30 bits per heavy atom. The number of hydrogen-bond acceptors (Lipinski definition) is 3. The van der Waals surface area contributed by atoms with E-state index in [1.54, 1.807) is 0 Å². The van der Waals surface area contributed by atoms with Gasteiger partial charge in [0.05, 0.1) is 6.10 Å². The van der Waals surface area contributed by atoms with Gasteiger partial charge >= 0.3 is 0 Å². The number of rotatable bonds is 5. The summed E-state index contributed by atoms with van der Waals surface area (Å²) in [6, 6.07) is 3.08. The van der Waals surface area contributed by atoms with Gasteiger partial charge in [0.2, 0.25) is 5.91 Å². The normalized spacial score (nSPS) is 21.6. The number of carbonyl (C=O) groups excluding carboxylic acids is 1. The van der Waals surface area contributed by atoms with Crippen molar-refractivity contribution in [2.24, 2.45) is 5.73 Å². The van der Waals surface area contributed by atoms with Crippen LogP contribution in [0.3, 0.4) is 0 Å². The molecule has 3 N–H and O–H groups in total. The lowest BCUT2D eigenvalue weighted by atomic mass is 9.90. The number of halogens is 2. The van der Waals surface area contributed by atoms with Gasteiger partial charge in [-0.3, -0.25) is 10.1 Å².